The lowest BCUT2D eigenvalue weighted by Crippen LogP contribution is -2.48. The van der Waals surface area contributed by atoms with Crippen LogP contribution in [-0.4, -0.2) is 67.5 Å². The number of aromatic nitrogens is 1. The first kappa shape index (κ1) is 21.5. The van der Waals surface area contributed by atoms with Crippen LogP contribution < -0.4 is 10.2 Å². The average Bonchev–Trinajstić information content (AvgIpc) is 3.24. The summed E-state index contributed by atoms with van der Waals surface area (Å²) in [5.41, 5.74) is 4.25. The number of carbonyl (C=O) groups is 1. The van der Waals surface area contributed by atoms with Crippen LogP contribution in [0.1, 0.15) is 5.69 Å². The lowest BCUT2D eigenvalue weighted by atomic mass is 10.2. The minimum Gasteiger partial charge on any atom is -0.378 e. The molecule has 1 N–H and O–H groups in total. The summed E-state index contributed by atoms with van der Waals surface area (Å²) in [6.45, 7) is 4.97. The molecule has 3 aromatic rings. The maximum atomic E-state index is 12.4. The smallest absolute Gasteiger partial charge is 0.238 e. The number of hydrogen-bond donors (Lipinski definition) is 1. The fraction of sp³-hybridized carbons (Fsp3) is 0.333. The maximum Gasteiger partial charge on any atom is 0.238 e. The second kappa shape index (κ2) is 10.0. The van der Waals surface area contributed by atoms with E-state index < -0.39 is 0 Å². The van der Waals surface area contributed by atoms with Crippen molar-refractivity contribution in [1.82, 2.24) is 14.8 Å². The largest absolute Gasteiger partial charge is 0.378 e. The Kier molecular flexibility index (Phi) is 6.96. The molecule has 0 aliphatic carbocycles. The highest BCUT2D eigenvalue weighted by atomic mass is 32.1. The van der Waals surface area contributed by atoms with Crippen molar-refractivity contribution >= 4 is 28.6 Å². The Balaban J connectivity index is 1.22. The standard InChI is InChI=1S/C24H29N5OS/c1-27(2)22-10-8-20(9-11-22)25-23(30)17-29-14-12-28(13-15-29)16-21-18-31-24(26-21)19-6-4-3-5-7-19/h3-11,18H,12-17H2,1-2H3,(H,25,30). The molecule has 0 atom stereocenters. The van der Waals surface area contributed by atoms with Crippen LogP contribution in [0, 0.1) is 0 Å². The Hall–Kier alpha value is -2.74. The van der Waals surface area contributed by atoms with Crippen molar-refractivity contribution in [3.8, 4) is 10.6 Å². The second-order valence-electron chi connectivity index (χ2n) is 8.05. The lowest BCUT2D eigenvalue weighted by molar-refractivity contribution is -0.117. The van der Waals surface area contributed by atoms with Crippen molar-refractivity contribution in [3.05, 3.63) is 65.7 Å². The molecular formula is C24H29N5OS. The summed E-state index contributed by atoms with van der Waals surface area (Å²) < 4.78 is 0. The minimum absolute atomic E-state index is 0.0399. The lowest BCUT2D eigenvalue weighted by Gasteiger charge is -2.33. The first-order valence-corrected chi connectivity index (χ1v) is 11.5. The van der Waals surface area contributed by atoms with Crippen molar-refractivity contribution < 1.29 is 4.79 Å². The van der Waals surface area contributed by atoms with Crippen LogP contribution in [0.25, 0.3) is 10.6 Å². The van der Waals surface area contributed by atoms with E-state index in [2.05, 4.69) is 32.6 Å². The molecule has 1 amide bonds. The molecule has 0 bridgehead atoms. The Bertz CT molecular complexity index is 979. The molecular weight excluding hydrogens is 406 g/mol. The van der Waals surface area contributed by atoms with E-state index in [0.717, 1.165) is 54.8 Å². The number of anilines is 2. The van der Waals surface area contributed by atoms with E-state index in [1.54, 1.807) is 11.3 Å². The van der Waals surface area contributed by atoms with E-state index in [9.17, 15) is 4.79 Å². The van der Waals surface area contributed by atoms with Gasteiger partial charge < -0.3 is 10.2 Å². The third kappa shape index (κ3) is 5.91. The fourth-order valence-corrected chi connectivity index (χ4v) is 4.49. The number of piperazine rings is 1. The zero-order valence-electron chi connectivity index (χ0n) is 18.1. The summed E-state index contributed by atoms with van der Waals surface area (Å²) in [4.78, 5) is 23.9. The van der Waals surface area contributed by atoms with Gasteiger partial charge in [0.25, 0.3) is 0 Å². The summed E-state index contributed by atoms with van der Waals surface area (Å²) in [5, 5.41) is 6.23. The van der Waals surface area contributed by atoms with Gasteiger partial charge in [0, 0.05) is 69.1 Å². The van der Waals surface area contributed by atoms with Gasteiger partial charge in [-0.2, -0.15) is 0 Å². The van der Waals surface area contributed by atoms with E-state index in [1.807, 2.05) is 61.5 Å². The highest BCUT2D eigenvalue weighted by Gasteiger charge is 2.20. The predicted molar refractivity (Wildman–Crippen MR) is 129 cm³/mol. The zero-order valence-corrected chi connectivity index (χ0v) is 18.9. The Labute approximate surface area is 188 Å². The number of carbonyl (C=O) groups excluding carboxylic acids is 1. The van der Waals surface area contributed by atoms with Crippen LogP contribution in [0.3, 0.4) is 0 Å². The van der Waals surface area contributed by atoms with E-state index in [-0.39, 0.29) is 5.91 Å². The Morgan fingerprint density at radius 1 is 1.00 bits per heavy atom. The van der Waals surface area contributed by atoms with Crippen LogP contribution in [0.15, 0.2) is 60.0 Å². The van der Waals surface area contributed by atoms with Gasteiger partial charge in [-0.3, -0.25) is 14.6 Å². The average molecular weight is 436 g/mol. The van der Waals surface area contributed by atoms with Crippen LogP contribution in [0.4, 0.5) is 11.4 Å². The monoisotopic (exact) mass is 435 g/mol. The number of nitrogens with zero attached hydrogens (tertiary/aromatic N) is 4. The second-order valence-corrected chi connectivity index (χ2v) is 8.91. The zero-order chi connectivity index (χ0) is 21.6. The van der Waals surface area contributed by atoms with Gasteiger partial charge in [-0.25, -0.2) is 4.98 Å². The molecule has 0 spiro atoms. The van der Waals surface area contributed by atoms with E-state index in [4.69, 9.17) is 4.98 Å². The van der Waals surface area contributed by atoms with Gasteiger partial charge in [0.05, 0.1) is 12.2 Å². The number of hydrogen-bond acceptors (Lipinski definition) is 6. The quantitative estimate of drug-likeness (QED) is 0.614. The minimum atomic E-state index is 0.0399. The van der Waals surface area contributed by atoms with Gasteiger partial charge in [-0.1, -0.05) is 30.3 Å². The van der Waals surface area contributed by atoms with E-state index >= 15 is 0 Å². The van der Waals surface area contributed by atoms with E-state index in [0.29, 0.717) is 6.54 Å². The third-order valence-corrected chi connectivity index (χ3v) is 6.40. The first-order valence-electron chi connectivity index (χ1n) is 10.6. The highest BCUT2D eigenvalue weighted by molar-refractivity contribution is 7.13. The van der Waals surface area contributed by atoms with Crippen LogP contribution >= 0.6 is 11.3 Å². The first-order chi connectivity index (χ1) is 15.1. The third-order valence-electron chi connectivity index (χ3n) is 5.46. The molecule has 7 heteroatoms. The van der Waals surface area contributed by atoms with Crippen molar-refractivity contribution in [2.45, 2.75) is 6.54 Å². The Morgan fingerprint density at radius 3 is 2.35 bits per heavy atom. The molecule has 1 saturated heterocycles. The molecule has 31 heavy (non-hydrogen) atoms. The molecule has 6 nitrogen and oxygen atoms in total. The normalized spacial score (nSPS) is 15.0. The van der Waals surface area contributed by atoms with E-state index in [1.165, 1.54) is 5.56 Å². The number of nitrogens with one attached hydrogen (secondary N) is 1. The molecule has 0 radical (unpaired) electrons. The molecule has 4 rings (SSSR count). The van der Waals surface area contributed by atoms with Gasteiger partial charge in [0.2, 0.25) is 5.91 Å². The van der Waals surface area contributed by atoms with Crippen molar-refractivity contribution in [2.75, 3.05) is 57.0 Å². The molecule has 0 saturated carbocycles. The van der Waals surface area contributed by atoms with Crippen molar-refractivity contribution in [2.24, 2.45) is 0 Å². The molecule has 1 fully saturated rings. The summed E-state index contributed by atoms with van der Waals surface area (Å²) in [6, 6.07) is 18.2. The maximum absolute atomic E-state index is 12.4. The number of rotatable bonds is 7. The summed E-state index contributed by atoms with van der Waals surface area (Å²) in [5.74, 6) is 0.0399. The van der Waals surface area contributed by atoms with Gasteiger partial charge in [0.1, 0.15) is 5.01 Å². The topological polar surface area (TPSA) is 51.7 Å². The van der Waals surface area contributed by atoms with Gasteiger partial charge >= 0.3 is 0 Å². The molecule has 2 aromatic carbocycles. The number of thiazole rings is 1. The van der Waals surface area contributed by atoms with Crippen molar-refractivity contribution in [1.29, 1.82) is 0 Å². The molecule has 162 valence electrons. The Morgan fingerprint density at radius 2 is 1.68 bits per heavy atom. The number of benzene rings is 2. The highest BCUT2D eigenvalue weighted by Crippen LogP contribution is 2.24. The molecule has 1 aliphatic heterocycles. The van der Waals surface area contributed by atoms with Gasteiger partial charge in [-0.05, 0) is 24.3 Å². The van der Waals surface area contributed by atoms with Gasteiger partial charge in [0.15, 0.2) is 0 Å². The molecule has 1 aromatic heterocycles. The summed E-state index contributed by atoms with van der Waals surface area (Å²) in [6.07, 6.45) is 0. The fourth-order valence-electron chi connectivity index (χ4n) is 3.67. The SMILES string of the molecule is CN(C)c1ccc(NC(=O)CN2CCN(Cc3csc(-c4ccccc4)n3)CC2)cc1. The summed E-state index contributed by atoms with van der Waals surface area (Å²) in [7, 11) is 4.01. The molecule has 2 heterocycles. The van der Waals surface area contributed by atoms with Gasteiger partial charge in [-0.15, -0.1) is 11.3 Å². The number of amides is 1. The predicted octanol–water partition coefficient (Wildman–Crippen LogP) is 3.63. The summed E-state index contributed by atoms with van der Waals surface area (Å²) >= 11 is 1.70. The molecule has 1 aliphatic rings. The van der Waals surface area contributed by atoms with Crippen LogP contribution in [-0.2, 0) is 11.3 Å². The van der Waals surface area contributed by atoms with Crippen molar-refractivity contribution in [3.63, 3.8) is 0 Å². The van der Waals surface area contributed by atoms with Crippen LogP contribution in [0.2, 0.25) is 0 Å². The van der Waals surface area contributed by atoms with Crippen LogP contribution in [0.5, 0.6) is 0 Å². The molecule has 0 unspecified atom stereocenters.